The normalized spacial score (nSPS) is 14.3. The van der Waals surface area contributed by atoms with E-state index < -0.39 is 0 Å². The van der Waals surface area contributed by atoms with Crippen LogP contribution in [0.2, 0.25) is 10.0 Å². The molecule has 0 saturated carbocycles. The minimum Gasteiger partial charge on any atom is -0.454 e. The number of benzene rings is 2. The van der Waals surface area contributed by atoms with Crippen molar-refractivity contribution in [2.45, 2.75) is 12.5 Å². The molecule has 0 aliphatic carbocycles. The zero-order valence-electron chi connectivity index (χ0n) is 10.6. The van der Waals surface area contributed by atoms with Gasteiger partial charge in [0.25, 0.3) is 0 Å². The van der Waals surface area contributed by atoms with E-state index in [1.165, 1.54) is 0 Å². The monoisotopic (exact) mass is 309 g/mol. The Morgan fingerprint density at radius 1 is 1.00 bits per heavy atom. The Morgan fingerprint density at radius 2 is 1.80 bits per heavy atom. The Labute approximate surface area is 127 Å². The lowest BCUT2D eigenvalue weighted by Crippen LogP contribution is -2.13. The molecule has 1 heterocycles. The summed E-state index contributed by atoms with van der Waals surface area (Å²) in [6.07, 6.45) is 0.677. The average Bonchev–Trinajstić information content (AvgIpc) is 2.90. The number of hydrogen-bond donors (Lipinski definition) is 1. The summed E-state index contributed by atoms with van der Waals surface area (Å²) < 4.78 is 10.6. The molecule has 0 amide bonds. The van der Waals surface area contributed by atoms with Gasteiger partial charge in [-0.1, -0.05) is 35.3 Å². The van der Waals surface area contributed by atoms with Crippen molar-refractivity contribution >= 4 is 23.2 Å². The molecule has 1 unspecified atom stereocenters. The van der Waals surface area contributed by atoms with Crippen molar-refractivity contribution in [3.63, 3.8) is 0 Å². The Bertz CT molecular complexity index is 646. The summed E-state index contributed by atoms with van der Waals surface area (Å²) >= 11 is 11.9. The molecule has 0 saturated heterocycles. The largest absolute Gasteiger partial charge is 0.454 e. The van der Waals surface area contributed by atoms with Crippen LogP contribution in [-0.2, 0) is 6.42 Å². The fraction of sp³-hybridized carbons (Fsp3) is 0.200. The van der Waals surface area contributed by atoms with Crippen LogP contribution in [0.25, 0.3) is 0 Å². The molecule has 2 aromatic carbocycles. The van der Waals surface area contributed by atoms with E-state index in [0.29, 0.717) is 16.5 Å². The molecule has 3 rings (SSSR count). The lowest BCUT2D eigenvalue weighted by Gasteiger charge is -2.13. The van der Waals surface area contributed by atoms with Crippen molar-refractivity contribution in [3.8, 4) is 11.5 Å². The van der Waals surface area contributed by atoms with Gasteiger partial charge in [0.05, 0.1) is 10.0 Å². The van der Waals surface area contributed by atoms with Crippen LogP contribution in [0, 0.1) is 0 Å². The van der Waals surface area contributed by atoms with Crippen molar-refractivity contribution in [2.24, 2.45) is 5.73 Å². The van der Waals surface area contributed by atoms with Crippen molar-refractivity contribution < 1.29 is 9.47 Å². The molecular weight excluding hydrogens is 297 g/mol. The molecule has 5 heteroatoms. The van der Waals surface area contributed by atoms with E-state index >= 15 is 0 Å². The van der Waals surface area contributed by atoms with Crippen LogP contribution in [0.15, 0.2) is 36.4 Å². The number of ether oxygens (including phenoxy) is 2. The Morgan fingerprint density at radius 3 is 2.60 bits per heavy atom. The highest BCUT2D eigenvalue weighted by Gasteiger charge is 2.16. The molecule has 0 bridgehead atoms. The predicted octanol–water partition coefficient (Wildman–Crippen LogP) is 3.96. The molecule has 0 radical (unpaired) electrons. The van der Waals surface area contributed by atoms with Gasteiger partial charge in [-0.05, 0) is 41.8 Å². The highest BCUT2D eigenvalue weighted by atomic mass is 35.5. The second kappa shape index (κ2) is 5.52. The van der Waals surface area contributed by atoms with Gasteiger partial charge in [-0.2, -0.15) is 0 Å². The van der Waals surface area contributed by atoms with Gasteiger partial charge in [0, 0.05) is 6.04 Å². The highest BCUT2D eigenvalue weighted by Crippen LogP contribution is 2.34. The van der Waals surface area contributed by atoms with Gasteiger partial charge in [0.1, 0.15) is 0 Å². The van der Waals surface area contributed by atoms with E-state index in [1.54, 1.807) is 6.07 Å². The maximum atomic E-state index is 6.24. The summed E-state index contributed by atoms with van der Waals surface area (Å²) in [5, 5.41) is 1.09. The molecule has 2 N–H and O–H groups in total. The molecule has 104 valence electrons. The summed E-state index contributed by atoms with van der Waals surface area (Å²) in [5.74, 6) is 1.50. The molecule has 2 aromatic rings. The van der Waals surface area contributed by atoms with Crippen molar-refractivity contribution in [1.29, 1.82) is 0 Å². The number of nitrogens with two attached hydrogens (primary N) is 1. The zero-order valence-corrected chi connectivity index (χ0v) is 12.1. The Kier molecular flexibility index (Phi) is 3.74. The Balaban J connectivity index is 1.78. The van der Waals surface area contributed by atoms with Gasteiger partial charge in [-0.3, -0.25) is 0 Å². The maximum Gasteiger partial charge on any atom is 0.231 e. The molecule has 0 spiro atoms. The first kappa shape index (κ1) is 13.6. The highest BCUT2D eigenvalue weighted by molar-refractivity contribution is 6.42. The molecule has 0 aromatic heterocycles. The van der Waals surface area contributed by atoms with Gasteiger partial charge < -0.3 is 15.2 Å². The summed E-state index contributed by atoms with van der Waals surface area (Å²) in [6, 6.07) is 11.2. The third kappa shape index (κ3) is 2.70. The minimum absolute atomic E-state index is 0.137. The lowest BCUT2D eigenvalue weighted by molar-refractivity contribution is 0.174. The van der Waals surface area contributed by atoms with Crippen LogP contribution >= 0.6 is 23.2 Å². The standard InChI is InChI=1S/C15H13Cl2NO2/c16-11-3-1-9(5-12(11)17)6-13(18)10-2-4-14-15(7-10)20-8-19-14/h1-5,7,13H,6,8,18H2. The molecule has 1 aliphatic heterocycles. The number of fused-ring (bicyclic) bond motifs is 1. The SMILES string of the molecule is NC(Cc1ccc(Cl)c(Cl)c1)c1ccc2c(c1)OCO2. The molecule has 20 heavy (non-hydrogen) atoms. The van der Waals surface area contributed by atoms with Crippen molar-refractivity contribution in [1.82, 2.24) is 0 Å². The zero-order chi connectivity index (χ0) is 14.1. The molecule has 0 fully saturated rings. The predicted molar refractivity (Wildman–Crippen MR) is 79.7 cm³/mol. The quantitative estimate of drug-likeness (QED) is 0.933. The fourth-order valence-corrected chi connectivity index (χ4v) is 2.50. The summed E-state index contributed by atoms with van der Waals surface area (Å²) in [5.41, 5.74) is 8.28. The van der Waals surface area contributed by atoms with Crippen LogP contribution < -0.4 is 15.2 Å². The topological polar surface area (TPSA) is 44.5 Å². The lowest BCUT2D eigenvalue weighted by atomic mass is 9.99. The van der Waals surface area contributed by atoms with Crippen LogP contribution in [-0.4, -0.2) is 6.79 Å². The Hall–Kier alpha value is -1.42. The molecule has 1 atom stereocenters. The fourth-order valence-electron chi connectivity index (χ4n) is 2.18. The van der Waals surface area contributed by atoms with E-state index in [4.69, 9.17) is 38.4 Å². The first-order chi connectivity index (χ1) is 9.63. The van der Waals surface area contributed by atoms with Gasteiger partial charge in [0.2, 0.25) is 6.79 Å². The van der Waals surface area contributed by atoms with Crippen LogP contribution in [0.5, 0.6) is 11.5 Å². The van der Waals surface area contributed by atoms with Crippen LogP contribution in [0.4, 0.5) is 0 Å². The molecular formula is C15H13Cl2NO2. The van der Waals surface area contributed by atoms with E-state index in [2.05, 4.69) is 0 Å². The van der Waals surface area contributed by atoms with Crippen LogP contribution in [0.3, 0.4) is 0 Å². The third-order valence-corrected chi connectivity index (χ3v) is 4.00. The second-order valence-corrected chi connectivity index (χ2v) is 5.49. The average molecular weight is 310 g/mol. The third-order valence-electron chi connectivity index (χ3n) is 3.26. The maximum absolute atomic E-state index is 6.24. The second-order valence-electron chi connectivity index (χ2n) is 4.67. The number of hydrogen-bond acceptors (Lipinski definition) is 3. The smallest absolute Gasteiger partial charge is 0.231 e. The van der Waals surface area contributed by atoms with Crippen molar-refractivity contribution in [3.05, 3.63) is 57.6 Å². The first-order valence-corrected chi connectivity index (χ1v) is 6.98. The van der Waals surface area contributed by atoms with E-state index in [0.717, 1.165) is 22.6 Å². The van der Waals surface area contributed by atoms with Gasteiger partial charge in [0.15, 0.2) is 11.5 Å². The van der Waals surface area contributed by atoms with Crippen LogP contribution in [0.1, 0.15) is 17.2 Å². The van der Waals surface area contributed by atoms with E-state index in [1.807, 2.05) is 30.3 Å². The number of rotatable bonds is 3. The van der Waals surface area contributed by atoms with Gasteiger partial charge in [-0.25, -0.2) is 0 Å². The van der Waals surface area contributed by atoms with E-state index in [9.17, 15) is 0 Å². The summed E-state index contributed by atoms with van der Waals surface area (Å²) in [6.45, 7) is 0.265. The van der Waals surface area contributed by atoms with Gasteiger partial charge >= 0.3 is 0 Å². The first-order valence-electron chi connectivity index (χ1n) is 6.22. The van der Waals surface area contributed by atoms with Gasteiger partial charge in [-0.15, -0.1) is 0 Å². The summed E-state index contributed by atoms with van der Waals surface area (Å²) in [7, 11) is 0. The minimum atomic E-state index is -0.137. The molecule has 1 aliphatic rings. The van der Waals surface area contributed by atoms with Crippen molar-refractivity contribution in [2.75, 3.05) is 6.79 Å². The number of halogens is 2. The van der Waals surface area contributed by atoms with E-state index in [-0.39, 0.29) is 12.8 Å². The summed E-state index contributed by atoms with van der Waals surface area (Å²) in [4.78, 5) is 0. The molecule has 3 nitrogen and oxygen atoms in total.